The van der Waals surface area contributed by atoms with Crippen LogP contribution in [-0.4, -0.2) is 36.2 Å². The maximum atomic E-state index is 11.9. The minimum Gasteiger partial charge on any atom is -0.493 e. The van der Waals surface area contributed by atoms with Gasteiger partial charge >= 0.3 is 0 Å². The Morgan fingerprint density at radius 2 is 1.89 bits per heavy atom. The smallest absolute Gasteiger partial charge is 0.240 e. The molecule has 0 aliphatic carbocycles. The summed E-state index contributed by atoms with van der Waals surface area (Å²) in [5, 5.41) is 3.14. The first-order valence-electron chi connectivity index (χ1n) is 5.89. The highest BCUT2D eigenvalue weighted by Crippen LogP contribution is 2.34. The van der Waals surface area contributed by atoms with Gasteiger partial charge in [0.05, 0.1) is 19.1 Å². The maximum absolute atomic E-state index is 11.9. The molecular weight excluding hydrogens is 268 g/mol. The molecule has 0 amide bonds. The summed E-state index contributed by atoms with van der Waals surface area (Å²) in [7, 11) is 0.859. The van der Waals surface area contributed by atoms with Gasteiger partial charge < -0.3 is 14.8 Å². The quantitative estimate of drug-likeness (QED) is 0.773. The maximum Gasteiger partial charge on any atom is 0.240 e. The molecule has 0 bridgehead atoms. The van der Waals surface area contributed by atoms with Gasteiger partial charge in [-0.2, -0.15) is 0 Å². The van der Waals surface area contributed by atoms with Gasteiger partial charge in [0.25, 0.3) is 0 Å². The number of hydrogen-bond acceptors (Lipinski definition) is 5. The van der Waals surface area contributed by atoms with Gasteiger partial charge in [-0.15, -0.1) is 0 Å². The van der Waals surface area contributed by atoms with Crippen LogP contribution in [0.2, 0.25) is 0 Å². The lowest BCUT2D eigenvalue weighted by atomic mass is 10.2. The normalized spacial score (nSPS) is 11.4. The third-order valence-electron chi connectivity index (χ3n) is 2.67. The average Bonchev–Trinajstić information content (AvgIpc) is 2.43. The van der Waals surface area contributed by atoms with Gasteiger partial charge in [0.15, 0.2) is 11.5 Å². The van der Waals surface area contributed by atoms with E-state index in [1.165, 1.54) is 27.3 Å². The van der Waals surface area contributed by atoms with Crippen molar-refractivity contribution in [1.82, 2.24) is 10.0 Å². The van der Waals surface area contributed by atoms with Crippen molar-refractivity contribution in [2.24, 2.45) is 0 Å². The van der Waals surface area contributed by atoms with Gasteiger partial charge in [0, 0.05) is 18.2 Å². The van der Waals surface area contributed by atoms with E-state index < -0.39 is 10.0 Å². The molecule has 108 valence electrons. The monoisotopic (exact) mass is 288 g/mol. The van der Waals surface area contributed by atoms with Crippen molar-refractivity contribution in [3.8, 4) is 11.5 Å². The molecule has 1 aromatic rings. The zero-order chi connectivity index (χ0) is 14.5. The summed E-state index contributed by atoms with van der Waals surface area (Å²) in [6.07, 6.45) is 0. The first kappa shape index (κ1) is 15.7. The second-order valence-corrected chi connectivity index (χ2v) is 5.69. The SMILES string of the molecule is CCNCc1cc(S(=O)(=O)NC)cc(OC)c1OC. The van der Waals surface area contributed by atoms with Gasteiger partial charge in [-0.05, 0) is 19.7 Å². The second-order valence-electron chi connectivity index (χ2n) is 3.81. The molecule has 0 fully saturated rings. The number of benzene rings is 1. The average molecular weight is 288 g/mol. The van der Waals surface area contributed by atoms with Crippen LogP contribution in [0.4, 0.5) is 0 Å². The first-order valence-corrected chi connectivity index (χ1v) is 7.37. The number of sulfonamides is 1. The van der Waals surface area contributed by atoms with Crippen LogP contribution in [0.3, 0.4) is 0 Å². The zero-order valence-electron chi connectivity index (χ0n) is 11.6. The molecular formula is C12H20N2O4S. The van der Waals surface area contributed by atoms with Crippen molar-refractivity contribution in [2.75, 3.05) is 27.8 Å². The Bertz CT molecular complexity index is 529. The number of nitrogens with one attached hydrogen (secondary N) is 2. The fourth-order valence-electron chi connectivity index (χ4n) is 1.68. The fraction of sp³-hybridized carbons (Fsp3) is 0.500. The Labute approximate surface area is 114 Å². The number of rotatable bonds is 7. The highest BCUT2D eigenvalue weighted by molar-refractivity contribution is 7.89. The van der Waals surface area contributed by atoms with E-state index in [4.69, 9.17) is 9.47 Å². The topological polar surface area (TPSA) is 76.7 Å². The first-order chi connectivity index (χ1) is 9.00. The summed E-state index contributed by atoms with van der Waals surface area (Å²) in [4.78, 5) is 0.153. The molecule has 2 N–H and O–H groups in total. The van der Waals surface area contributed by atoms with Crippen LogP contribution in [0.25, 0.3) is 0 Å². The summed E-state index contributed by atoms with van der Waals surface area (Å²) >= 11 is 0. The van der Waals surface area contributed by atoms with Gasteiger partial charge in [-0.3, -0.25) is 0 Å². The number of ether oxygens (including phenoxy) is 2. The predicted octanol–water partition coefficient (Wildman–Crippen LogP) is 0.721. The molecule has 0 aromatic heterocycles. The molecule has 1 aromatic carbocycles. The molecule has 0 spiro atoms. The minimum absolute atomic E-state index is 0.153. The number of hydrogen-bond donors (Lipinski definition) is 2. The third kappa shape index (κ3) is 3.59. The van der Waals surface area contributed by atoms with Gasteiger partial charge in [0.1, 0.15) is 0 Å². The van der Waals surface area contributed by atoms with Crippen molar-refractivity contribution >= 4 is 10.0 Å². The summed E-state index contributed by atoms with van der Waals surface area (Å²) in [6.45, 7) is 3.25. The fourth-order valence-corrected chi connectivity index (χ4v) is 2.47. The summed E-state index contributed by atoms with van der Waals surface area (Å²) in [6, 6.07) is 3.02. The van der Waals surface area contributed by atoms with Crippen LogP contribution in [0, 0.1) is 0 Å². The molecule has 7 heteroatoms. The molecule has 0 saturated carbocycles. The highest BCUT2D eigenvalue weighted by atomic mass is 32.2. The molecule has 19 heavy (non-hydrogen) atoms. The van der Waals surface area contributed by atoms with Crippen LogP contribution in [0.15, 0.2) is 17.0 Å². The standard InChI is InChI=1S/C12H20N2O4S/c1-5-14-8-9-6-10(19(15,16)13-2)7-11(17-3)12(9)18-4/h6-7,13-14H,5,8H2,1-4H3. The van der Waals surface area contributed by atoms with E-state index in [1.807, 2.05) is 6.92 Å². The molecule has 0 aliphatic heterocycles. The highest BCUT2D eigenvalue weighted by Gasteiger charge is 2.19. The Morgan fingerprint density at radius 3 is 2.37 bits per heavy atom. The second kappa shape index (κ2) is 6.74. The van der Waals surface area contributed by atoms with Crippen LogP contribution in [0.5, 0.6) is 11.5 Å². The van der Waals surface area contributed by atoms with Crippen molar-refractivity contribution in [3.05, 3.63) is 17.7 Å². The minimum atomic E-state index is -3.52. The van der Waals surface area contributed by atoms with Crippen molar-refractivity contribution < 1.29 is 17.9 Å². The van der Waals surface area contributed by atoms with E-state index in [1.54, 1.807) is 6.07 Å². The summed E-state index contributed by atoms with van der Waals surface area (Å²) < 4.78 is 36.5. The molecule has 0 aliphatic rings. The molecule has 0 unspecified atom stereocenters. The van der Waals surface area contributed by atoms with E-state index >= 15 is 0 Å². The Balaban J connectivity index is 3.37. The van der Waals surface area contributed by atoms with Crippen LogP contribution in [-0.2, 0) is 16.6 Å². The van der Waals surface area contributed by atoms with Gasteiger partial charge in [-0.1, -0.05) is 6.92 Å². The summed E-state index contributed by atoms with van der Waals surface area (Å²) in [5.74, 6) is 0.935. The number of methoxy groups -OCH3 is 2. The zero-order valence-corrected chi connectivity index (χ0v) is 12.4. The van der Waals surface area contributed by atoms with E-state index in [2.05, 4.69) is 10.0 Å². The Kier molecular flexibility index (Phi) is 5.59. The lowest BCUT2D eigenvalue weighted by molar-refractivity contribution is 0.349. The lowest BCUT2D eigenvalue weighted by Gasteiger charge is -2.15. The van der Waals surface area contributed by atoms with Crippen molar-refractivity contribution in [2.45, 2.75) is 18.4 Å². The molecule has 6 nitrogen and oxygen atoms in total. The summed E-state index contributed by atoms with van der Waals surface area (Å²) in [5.41, 5.74) is 0.734. The van der Waals surface area contributed by atoms with Crippen LogP contribution in [0.1, 0.15) is 12.5 Å². The Morgan fingerprint density at radius 1 is 1.21 bits per heavy atom. The molecule has 0 radical (unpaired) electrons. The van der Waals surface area contributed by atoms with Crippen molar-refractivity contribution in [3.63, 3.8) is 0 Å². The third-order valence-corrected chi connectivity index (χ3v) is 4.07. The molecule has 0 atom stereocenters. The Hall–Kier alpha value is -1.31. The van der Waals surface area contributed by atoms with Gasteiger partial charge in [-0.25, -0.2) is 13.1 Å². The van der Waals surface area contributed by atoms with Crippen LogP contribution < -0.4 is 19.5 Å². The molecule has 0 saturated heterocycles. The van der Waals surface area contributed by atoms with Crippen LogP contribution >= 0.6 is 0 Å². The van der Waals surface area contributed by atoms with Gasteiger partial charge in [0.2, 0.25) is 10.0 Å². The van der Waals surface area contributed by atoms with E-state index in [0.717, 1.165) is 12.1 Å². The van der Waals surface area contributed by atoms with E-state index in [-0.39, 0.29) is 4.90 Å². The van der Waals surface area contributed by atoms with Crippen molar-refractivity contribution in [1.29, 1.82) is 0 Å². The molecule has 0 heterocycles. The van der Waals surface area contributed by atoms with E-state index in [0.29, 0.717) is 18.0 Å². The van der Waals surface area contributed by atoms with E-state index in [9.17, 15) is 8.42 Å². The lowest BCUT2D eigenvalue weighted by Crippen LogP contribution is -2.20. The molecule has 1 rings (SSSR count). The largest absolute Gasteiger partial charge is 0.493 e. The predicted molar refractivity (Wildman–Crippen MR) is 73.2 cm³/mol.